The summed E-state index contributed by atoms with van der Waals surface area (Å²) < 4.78 is 40.8. The van der Waals surface area contributed by atoms with E-state index in [2.05, 4.69) is 11.9 Å². The summed E-state index contributed by atoms with van der Waals surface area (Å²) in [7, 11) is -2.32. The van der Waals surface area contributed by atoms with Crippen LogP contribution >= 0.6 is 0 Å². The van der Waals surface area contributed by atoms with Gasteiger partial charge in [-0.15, -0.1) is 0 Å². The first-order valence-electron chi connectivity index (χ1n) is 10.7. The van der Waals surface area contributed by atoms with Crippen molar-refractivity contribution in [2.75, 3.05) is 33.5 Å². The number of carbonyl (C=O) groups excluding carboxylic acids is 1. The third-order valence-electron chi connectivity index (χ3n) is 5.76. The van der Waals surface area contributed by atoms with Crippen molar-refractivity contribution in [3.8, 4) is 11.5 Å². The van der Waals surface area contributed by atoms with Crippen molar-refractivity contribution in [2.24, 2.45) is 5.73 Å². The Hall–Kier alpha value is -3.04. The normalized spacial score (nSPS) is 15.4. The fourth-order valence-electron chi connectivity index (χ4n) is 3.69. The number of primary amides is 1. The fourth-order valence-corrected chi connectivity index (χ4v) is 5.60. The Morgan fingerprint density at radius 3 is 2.27 bits per heavy atom. The van der Waals surface area contributed by atoms with Gasteiger partial charge in [-0.1, -0.05) is 6.58 Å². The summed E-state index contributed by atoms with van der Waals surface area (Å²) in [6.07, 6.45) is 0.829. The molecule has 178 valence electrons. The minimum atomic E-state index is -3.95. The highest BCUT2D eigenvalue weighted by molar-refractivity contribution is 7.93. The van der Waals surface area contributed by atoms with Crippen LogP contribution in [0.4, 0.5) is 0 Å². The molecular weight excluding hydrogens is 444 g/mol. The van der Waals surface area contributed by atoms with Crippen molar-refractivity contribution in [1.82, 2.24) is 5.32 Å². The zero-order valence-electron chi connectivity index (χ0n) is 18.7. The maximum atomic E-state index is 13.2. The van der Waals surface area contributed by atoms with Crippen LogP contribution in [0.5, 0.6) is 11.5 Å². The first-order valence-corrected chi connectivity index (χ1v) is 12.2. The van der Waals surface area contributed by atoms with Gasteiger partial charge in [-0.25, -0.2) is 8.42 Å². The molecule has 1 saturated heterocycles. The van der Waals surface area contributed by atoms with Gasteiger partial charge in [0.05, 0.1) is 18.6 Å². The molecule has 0 unspecified atom stereocenters. The predicted octanol–water partition coefficient (Wildman–Crippen LogP) is 2.53. The van der Waals surface area contributed by atoms with Gasteiger partial charge in [0.1, 0.15) is 11.5 Å². The molecule has 0 aromatic heterocycles. The Bertz CT molecular complexity index is 1060. The Morgan fingerprint density at radius 2 is 1.70 bits per heavy atom. The van der Waals surface area contributed by atoms with Crippen LogP contribution in [-0.4, -0.2) is 52.5 Å². The summed E-state index contributed by atoms with van der Waals surface area (Å²) in [5.41, 5.74) is 7.29. The number of methoxy groups -OCH3 is 1. The lowest BCUT2D eigenvalue weighted by molar-refractivity contribution is -0.122. The van der Waals surface area contributed by atoms with Gasteiger partial charge >= 0.3 is 0 Å². The molecule has 0 radical (unpaired) electrons. The lowest BCUT2D eigenvalue weighted by atomic mass is 9.98. The van der Waals surface area contributed by atoms with Gasteiger partial charge in [-0.3, -0.25) is 4.79 Å². The number of benzene rings is 2. The number of hydrogen-bond acceptors (Lipinski definition) is 7. The molecule has 0 aliphatic carbocycles. The van der Waals surface area contributed by atoms with E-state index in [1.54, 1.807) is 19.2 Å². The molecule has 2 aromatic rings. The second-order valence-corrected chi connectivity index (χ2v) is 10.0. The Labute approximate surface area is 194 Å². The van der Waals surface area contributed by atoms with Gasteiger partial charge in [-0.2, -0.15) is 0 Å². The maximum absolute atomic E-state index is 13.2. The molecule has 2 aromatic carbocycles. The van der Waals surface area contributed by atoms with Gasteiger partial charge in [0.2, 0.25) is 5.91 Å². The molecule has 1 aliphatic heterocycles. The monoisotopic (exact) mass is 474 g/mol. The molecule has 3 N–H and O–H groups in total. The van der Waals surface area contributed by atoms with E-state index in [4.69, 9.17) is 19.9 Å². The molecule has 0 saturated carbocycles. The largest absolute Gasteiger partial charge is 0.497 e. The molecular formula is C24H30N2O6S. The maximum Gasteiger partial charge on any atom is 0.239 e. The van der Waals surface area contributed by atoms with Gasteiger partial charge in [0, 0.05) is 25.5 Å². The SMILES string of the molecule is C=C(NCCCOc1ccc(S(=O)(=O)C2(C(N)=O)CCOCC2)cc1)c1ccc(OC)cc1. The number of rotatable bonds is 11. The van der Waals surface area contributed by atoms with Crippen LogP contribution in [0.3, 0.4) is 0 Å². The quantitative estimate of drug-likeness (QED) is 0.481. The molecule has 33 heavy (non-hydrogen) atoms. The van der Waals surface area contributed by atoms with E-state index in [0.29, 0.717) is 18.9 Å². The predicted molar refractivity (Wildman–Crippen MR) is 126 cm³/mol. The van der Waals surface area contributed by atoms with E-state index in [9.17, 15) is 13.2 Å². The molecule has 1 aliphatic rings. The second kappa shape index (κ2) is 10.7. The van der Waals surface area contributed by atoms with Crippen LogP contribution in [0.15, 0.2) is 60.0 Å². The summed E-state index contributed by atoms with van der Waals surface area (Å²) in [6, 6.07) is 13.7. The molecule has 1 amide bonds. The fraction of sp³-hybridized carbons (Fsp3) is 0.375. The molecule has 0 bridgehead atoms. The standard InChI is InChI=1S/C24H30N2O6S/c1-18(19-4-6-20(30-2)7-5-19)26-14-3-15-32-21-8-10-22(11-9-21)33(28,29)24(23(25)27)12-16-31-17-13-24/h4-11,26H,1,3,12-17H2,2H3,(H2,25,27). The molecule has 0 spiro atoms. The van der Waals surface area contributed by atoms with Crippen LogP contribution in [-0.2, 0) is 19.4 Å². The second-order valence-electron chi connectivity index (χ2n) is 7.78. The van der Waals surface area contributed by atoms with Gasteiger partial charge < -0.3 is 25.3 Å². The number of nitrogens with one attached hydrogen (secondary N) is 1. The van der Waals surface area contributed by atoms with Crippen LogP contribution < -0.4 is 20.5 Å². The summed E-state index contributed by atoms with van der Waals surface area (Å²) in [4.78, 5) is 12.1. The Balaban J connectivity index is 1.50. The molecule has 1 fully saturated rings. The lowest BCUT2D eigenvalue weighted by Gasteiger charge is -2.33. The van der Waals surface area contributed by atoms with Gasteiger partial charge in [-0.05, 0) is 73.4 Å². The lowest BCUT2D eigenvalue weighted by Crippen LogP contribution is -2.53. The van der Waals surface area contributed by atoms with E-state index in [-0.39, 0.29) is 31.0 Å². The molecule has 9 heteroatoms. The minimum Gasteiger partial charge on any atom is -0.497 e. The van der Waals surface area contributed by atoms with Crippen molar-refractivity contribution in [2.45, 2.75) is 28.9 Å². The number of hydrogen-bond donors (Lipinski definition) is 2. The number of ether oxygens (including phenoxy) is 3. The third kappa shape index (κ3) is 5.48. The van der Waals surface area contributed by atoms with Gasteiger partial charge in [0.15, 0.2) is 14.6 Å². The summed E-state index contributed by atoms with van der Waals surface area (Å²) in [5, 5.41) is 3.25. The van der Waals surface area contributed by atoms with Crippen LogP contribution in [0.1, 0.15) is 24.8 Å². The van der Waals surface area contributed by atoms with Gasteiger partial charge in [0.25, 0.3) is 0 Å². The summed E-state index contributed by atoms with van der Waals surface area (Å²) >= 11 is 0. The van der Waals surface area contributed by atoms with Crippen LogP contribution in [0.2, 0.25) is 0 Å². The summed E-state index contributed by atoms with van der Waals surface area (Å²) in [6.45, 7) is 5.51. The van der Waals surface area contributed by atoms with Crippen molar-refractivity contribution in [3.05, 3.63) is 60.7 Å². The van der Waals surface area contributed by atoms with Crippen molar-refractivity contribution < 1.29 is 27.4 Å². The Kier molecular flexibility index (Phi) is 7.99. The zero-order chi connectivity index (χ0) is 23.9. The topological polar surface area (TPSA) is 117 Å². The highest BCUT2D eigenvalue weighted by Crippen LogP contribution is 2.35. The van der Waals surface area contributed by atoms with E-state index in [0.717, 1.165) is 23.4 Å². The number of carbonyl (C=O) groups is 1. The smallest absolute Gasteiger partial charge is 0.239 e. The van der Waals surface area contributed by atoms with E-state index >= 15 is 0 Å². The highest BCUT2D eigenvalue weighted by Gasteiger charge is 2.51. The molecule has 0 atom stereocenters. The summed E-state index contributed by atoms with van der Waals surface area (Å²) in [5.74, 6) is 0.495. The highest BCUT2D eigenvalue weighted by atomic mass is 32.2. The number of amides is 1. The van der Waals surface area contributed by atoms with E-state index < -0.39 is 20.5 Å². The van der Waals surface area contributed by atoms with Crippen molar-refractivity contribution in [1.29, 1.82) is 0 Å². The molecule has 1 heterocycles. The van der Waals surface area contributed by atoms with Crippen LogP contribution in [0, 0.1) is 0 Å². The number of sulfone groups is 1. The van der Waals surface area contributed by atoms with Crippen LogP contribution in [0.25, 0.3) is 5.70 Å². The van der Waals surface area contributed by atoms with Crippen molar-refractivity contribution in [3.63, 3.8) is 0 Å². The van der Waals surface area contributed by atoms with E-state index in [1.807, 2.05) is 24.3 Å². The first-order chi connectivity index (χ1) is 15.8. The Morgan fingerprint density at radius 1 is 1.09 bits per heavy atom. The average Bonchev–Trinajstić information content (AvgIpc) is 2.84. The molecule has 3 rings (SSSR count). The van der Waals surface area contributed by atoms with E-state index in [1.165, 1.54) is 12.1 Å². The zero-order valence-corrected chi connectivity index (χ0v) is 19.5. The number of nitrogens with two attached hydrogens (primary N) is 1. The first kappa shape index (κ1) is 24.6. The third-order valence-corrected chi connectivity index (χ3v) is 8.30. The molecule has 8 nitrogen and oxygen atoms in total. The average molecular weight is 475 g/mol. The van der Waals surface area contributed by atoms with Crippen molar-refractivity contribution >= 4 is 21.4 Å². The minimum absolute atomic E-state index is 0.0491.